The first-order valence-corrected chi connectivity index (χ1v) is 12.5. The van der Waals surface area contributed by atoms with E-state index in [4.69, 9.17) is 5.11 Å². The summed E-state index contributed by atoms with van der Waals surface area (Å²) >= 11 is 0. The summed E-state index contributed by atoms with van der Waals surface area (Å²) in [7, 11) is 1.48. The second-order valence-electron chi connectivity index (χ2n) is 9.37. The molecule has 4 amide bonds. The molecule has 0 fully saturated rings. The van der Waals surface area contributed by atoms with Gasteiger partial charge in [-0.15, -0.1) is 10.2 Å². The predicted octanol–water partition coefficient (Wildman–Crippen LogP) is -1.56. The standard InChI is InChI=1S/C24H33N9O6/c1-4-14(2)22(27-19(34)12-32(3)13-21(36)37)24(39)26-11-20(35)33-16-8-6-5-7-15(16)9-17(33)23(38)25-10-18-28-30-31-29-18/h5-8,14,17,22H,4,9-13H2,1-3H3,(H,25,38)(H,26,39)(H,27,34)(H,36,37)(H,28,29,30,31)/t14?,17-,22?/m0/s1. The summed E-state index contributed by atoms with van der Waals surface area (Å²) < 4.78 is 0. The molecule has 1 aliphatic rings. The number of amides is 4. The molecule has 1 aliphatic heterocycles. The molecule has 3 atom stereocenters. The number of carbonyl (C=O) groups excluding carboxylic acids is 4. The summed E-state index contributed by atoms with van der Waals surface area (Å²) in [6.07, 6.45) is 0.864. The van der Waals surface area contributed by atoms with E-state index in [1.807, 2.05) is 19.1 Å². The van der Waals surface area contributed by atoms with Gasteiger partial charge in [0, 0.05) is 12.1 Å². The van der Waals surface area contributed by atoms with Crippen molar-refractivity contribution >= 4 is 35.3 Å². The number of carbonyl (C=O) groups is 5. The summed E-state index contributed by atoms with van der Waals surface area (Å²) in [6, 6.07) is 5.36. The summed E-state index contributed by atoms with van der Waals surface area (Å²) in [5.41, 5.74) is 1.39. The van der Waals surface area contributed by atoms with Gasteiger partial charge in [-0.1, -0.05) is 43.7 Å². The molecule has 0 saturated heterocycles. The highest BCUT2D eigenvalue weighted by Gasteiger charge is 2.38. The van der Waals surface area contributed by atoms with Crippen LogP contribution in [-0.4, -0.2) is 99.0 Å². The Morgan fingerprint density at radius 1 is 1.18 bits per heavy atom. The van der Waals surface area contributed by atoms with Gasteiger partial charge in [-0.2, -0.15) is 5.21 Å². The molecule has 2 unspecified atom stereocenters. The molecule has 0 radical (unpaired) electrons. The fourth-order valence-corrected chi connectivity index (χ4v) is 4.26. The molecule has 1 aromatic heterocycles. The monoisotopic (exact) mass is 543 g/mol. The minimum absolute atomic E-state index is 0.0267. The SMILES string of the molecule is CCC(C)C(NC(=O)CN(C)CC(=O)O)C(=O)NCC(=O)N1c2ccccc2C[C@H]1C(=O)NCc1nn[nH]n1. The zero-order valence-corrected chi connectivity index (χ0v) is 22.0. The maximum atomic E-state index is 13.3. The number of aliphatic carboxylic acids is 1. The number of anilines is 1. The Bertz CT molecular complexity index is 1190. The first kappa shape index (κ1) is 29.2. The number of H-pyrrole nitrogens is 1. The van der Waals surface area contributed by atoms with Crippen molar-refractivity contribution < 1.29 is 29.1 Å². The van der Waals surface area contributed by atoms with Crippen LogP contribution in [0.4, 0.5) is 5.69 Å². The number of likely N-dealkylation sites (N-methyl/N-ethyl adjacent to an activating group) is 1. The molecule has 0 aliphatic carbocycles. The molecule has 5 N–H and O–H groups in total. The topological polar surface area (TPSA) is 203 Å². The van der Waals surface area contributed by atoms with Crippen molar-refractivity contribution in [1.82, 2.24) is 41.5 Å². The summed E-state index contributed by atoms with van der Waals surface area (Å²) in [4.78, 5) is 65.4. The van der Waals surface area contributed by atoms with Gasteiger partial charge in [0.15, 0.2) is 5.82 Å². The fourth-order valence-electron chi connectivity index (χ4n) is 4.26. The highest BCUT2D eigenvalue weighted by atomic mass is 16.4. The van der Waals surface area contributed by atoms with Crippen LogP contribution in [0.2, 0.25) is 0 Å². The van der Waals surface area contributed by atoms with Crippen molar-refractivity contribution in [1.29, 1.82) is 0 Å². The second kappa shape index (κ2) is 13.4. The first-order chi connectivity index (χ1) is 18.6. The molecule has 210 valence electrons. The average molecular weight is 544 g/mol. The van der Waals surface area contributed by atoms with Gasteiger partial charge in [0.05, 0.1) is 26.2 Å². The van der Waals surface area contributed by atoms with E-state index >= 15 is 0 Å². The number of hydrogen-bond donors (Lipinski definition) is 5. The number of tetrazole rings is 1. The molecule has 3 rings (SSSR count). The number of carboxylic acid groups (broad SMARTS) is 1. The van der Waals surface area contributed by atoms with E-state index in [9.17, 15) is 24.0 Å². The molecule has 15 nitrogen and oxygen atoms in total. The van der Waals surface area contributed by atoms with Gasteiger partial charge in [-0.3, -0.25) is 33.8 Å². The molecule has 2 aromatic rings. The largest absolute Gasteiger partial charge is 0.480 e. The van der Waals surface area contributed by atoms with E-state index in [0.717, 1.165) is 5.56 Å². The lowest BCUT2D eigenvalue weighted by molar-refractivity contribution is -0.138. The van der Waals surface area contributed by atoms with E-state index in [-0.39, 0.29) is 31.4 Å². The van der Waals surface area contributed by atoms with Crippen LogP contribution >= 0.6 is 0 Å². The molecular weight excluding hydrogens is 510 g/mol. The van der Waals surface area contributed by atoms with Crippen molar-refractivity contribution in [2.24, 2.45) is 5.92 Å². The fraction of sp³-hybridized carbons (Fsp3) is 0.500. The van der Waals surface area contributed by atoms with Crippen LogP contribution in [0.3, 0.4) is 0 Å². The molecule has 0 saturated carbocycles. The molecule has 39 heavy (non-hydrogen) atoms. The maximum Gasteiger partial charge on any atom is 0.317 e. The summed E-state index contributed by atoms with van der Waals surface area (Å²) in [5, 5.41) is 30.2. The summed E-state index contributed by atoms with van der Waals surface area (Å²) in [5.74, 6) is -3.03. The smallest absolute Gasteiger partial charge is 0.317 e. The zero-order chi connectivity index (χ0) is 28.5. The maximum absolute atomic E-state index is 13.3. The van der Waals surface area contributed by atoms with Crippen LogP contribution in [0.1, 0.15) is 31.7 Å². The Kier molecular flexibility index (Phi) is 10.0. The van der Waals surface area contributed by atoms with Gasteiger partial charge in [-0.25, -0.2) is 0 Å². The van der Waals surface area contributed by atoms with Gasteiger partial charge in [0.2, 0.25) is 23.6 Å². The Morgan fingerprint density at radius 3 is 2.59 bits per heavy atom. The number of rotatable bonds is 13. The van der Waals surface area contributed by atoms with Crippen LogP contribution in [0.15, 0.2) is 24.3 Å². The van der Waals surface area contributed by atoms with Crippen LogP contribution in [0, 0.1) is 5.92 Å². The number of fused-ring (bicyclic) bond motifs is 1. The number of aromatic nitrogens is 4. The molecule has 15 heteroatoms. The van der Waals surface area contributed by atoms with Gasteiger partial charge in [0.1, 0.15) is 12.1 Å². The average Bonchev–Trinajstić information content (AvgIpc) is 3.55. The third-order valence-corrected chi connectivity index (χ3v) is 6.40. The molecule has 2 heterocycles. The van der Waals surface area contributed by atoms with Crippen LogP contribution in [-0.2, 0) is 36.9 Å². The van der Waals surface area contributed by atoms with E-state index in [2.05, 4.69) is 36.6 Å². The predicted molar refractivity (Wildman–Crippen MR) is 137 cm³/mol. The third-order valence-electron chi connectivity index (χ3n) is 6.40. The molecule has 0 bridgehead atoms. The molecular formula is C24H33N9O6. The highest BCUT2D eigenvalue weighted by Crippen LogP contribution is 2.32. The third kappa shape index (κ3) is 7.80. The lowest BCUT2D eigenvalue weighted by Crippen LogP contribution is -2.55. The van der Waals surface area contributed by atoms with Crippen LogP contribution in [0.5, 0.6) is 0 Å². The number of nitrogens with zero attached hydrogens (tertiary/aromatic N) is 5. The van der Waals surface area contributed by atoms with E-state index in [0.29, 0.717) is 18.5 Å². The molecule has 1 aromatic carbocycles. The number of benzene rings is 1. The van der Waals surface area contributed by atoms with Crippen LogP contribution < -0.4 is 20.9 Å². The van der Waals surface area contributed by atoms with Crippen LogP contribution in [0.25, 0.3) is 0 Å². The van der Waals surface area contributed by atoms with Crippen molar-refractivity contribution in [3.05, 3.63) is 35.7 Å². The van der Waals surface area contributed by atoms with Crippen molar-refractivity contribution in [2.75, 3.05) is 31.6 Å². The van der Waals surface area contributed by atoms with Crippen molar-refractivity contribution in [3.8, 4) is 0 Å². The quantitative estimate of drug-likeness (QED) is 0.197. The number of aromatic amines is 1. The highest BCUT2D eigenvalue weighted by molar-refractivity contribution is 6.05. The molecule has 0 spiro atoms. The normalized spacial score (nSPS) is 15.8. The number of nitrogens with one attached hydrogen (secondary N) is 4. The van der Waals surface area contributed by atoms with Crippen molar-refractivity contribution in [3.63, 3.8) is 0 Å². The number of carboxylic acids is 1. The Balaban J connectivity index is 1.65. The van der Waals surface area contributed by atoms with Gasteiger partial charge < -0.3 is 21.1 Å². The van der Waals surface area contributed by atoms with Gasteiger partial charge in [-0.05, 0) is 24.6 Å². The number of para-hydroxylation sites is 1. The minimum atomic E-state index is -1.08. The minimum Gasteiger partial charge on any atom is -0.480 e. The second-order valence-corrected chi connectivity index (χ2v) is 9.37. The Hall–Kier alpha value is -4.40. The first-order valence-electron chi connectivity index (χ1n) is 12.5. The lowest BCUT2D eigenvalue weighted by Gasteiger charge is -2.27. The number of hydrogen-bond acceptors (Lipinski definition) is 9. The summed E-state index contributed by atoms with van der Waals surface area (Å²) in [6.45, 7) is 2.73. The van der Waals surface area contributed by atoms with E-state index in [1.165, 1.54) is 16.8 Å². The van der Waals surface area contributed by atoms with Gasteiger partial charge in [0.25, 0.3) is 0 Å². The van der Waals surface area contributed by atoms with Crippen molar-refractivity contribution in [2.45, 2.75) is 45.3 Å². The van der Waals surface area contributed by atoms with Gasteiger partial charge >= 0.3 is 5.97 Å². The zero-order valence-electron chi connectivity index (χ0n) is 22.0. The van der Waals surface area contributed by atoms with E-state index in [1.54, 1.807) is 19.1 Å². The Labute approximate surface area is 224 Å². The van der Waals surface area contributed by atoms with E-state index < -0.39 is 48.2 Å². The Morgan fingerprint density at radius 2 is 1.92 bits per heavy atom. The lowest BCUT2D eigenvalue weighted by atomic mass is 9.98.